The van der Waals surface area contributed by atoms with Gasteiger partial charge in [0.05, 0.1) is 4.88 Å². The van der Waals surface area contributed by atoms with Crippen molar-refractivity contribution in [3.05, 3.63) is 41.0 Å². The van der Waals surface area contributed by atoms with Crippen molar-refractivity contribution in [1.82, 2.24) is 20.2 Å². The summed E-state index contributed by atoms with van der Waals surface area (Å²) in [6.07, 6.45) is 0. The molecule has 3 aromatic heterocycles. The molecule has 0 unspecified atom stereocenters. The number of aromatic amines is 1. The molecule has 0 saturated heterocycles. The number of rotatable bonds is 2. The second kappa shape index (κ2) is 4.34. The van der Waals surface area contributed by atoms with E-state index in [-0.39, 0.29) is 0 Å². The largest absolute Gasteiger partial charge is 0.258 e. The Labute approximate surface area is 109 Å². The van der Waals surface area contributed by atoms with Crippen LogP contribution < -0.4 is 0 Å². The van der Waals surface area contributed by atoms with Gasteiger partial charge in [0.25, 0.3) is 0 Å². The summed E-state index contributed by atoms with van der Waals surface area (Å²) in [7, 11) is 0. The van der Waals surface area contributed by atoms with E-state index in [4.69, 9.17) is 0 Å². The lowest BCUT2D eigenvalue weighted by molar-refractivity contribution is 1.08. The normalized spacial score (nSPS) is 10.8. The summed E-state index contributed by atoms with van der Waals surface area (Å²) in [5, 5.41) is 9.26. The van der Waals surface area contributed by atoms with Gasteiger partial charge < -0.3 is 0 Å². The third-order valence-electron chi connectivity index (χ3n) is 2.71. The lowest BCUT2D eigenvalue weighted by atomic mass is 10.2. The Kier molecular flexibility index (Phi) is 2.68. The third kappa shape index (κ3) is 1.93. The van der Waals surface area contributed by atoms with Gasteiger partial charge in [-0.3, -0.25) is 10.1 Å². The Hall–Kier alpha value is -2.01. The smallest absolute Gasteiger partial charge is 0.183 e. The molecule has 5 heteroatoms. The quantitative estimate of drug-likeness (QED) is 0.766. The van der Waals surface area contributed by atoms with Gasteiger partial charge in [-0.2, -0.15) is 5.10 Å². The Morgan fingerprint density at radius 2 is 2.00 bits per heavy atom. The molecule has 0 aliphatic carbocycles. The molecule has 0 aliphatic rings. The molecule has 3 rings (SSSR count). The zero-order valence-electron chi connectivity index (χ0n) is 10.1. The van der Waals surface area contributed by atoms with E-state index in [2.05, 4.69) is 20.2 Å². The van der Waals surface area contributed by atoms with E-state index >= 15 is 0 Å². The fraction of sp³-hybridized carbons (Fsp3) is 0.154. The molecule has 0 saturated carbocycles. The molecule has 0 bridgehead atoms. The maximum atomic E-state index is 4.52. The van der Waals surface area contributed by atoms with E-state index in [1.165, 1.54) is 0 Å². The summed E-state index contributed by atoms with van der Waals surface area (Å²) in [4.78, 5) is 10.0. The minimum Gasteiger partial charge on any atom is -0.258 e. The molecular weight excluding hydrogens is 244 g/mol. The number of aryl methyl sites for hydroxylation is 2. The number of pyridine rings is 1. The Morgan fingerprint density at radius 1 is 1.11 bits per heavy atom. The standard InChI is InChI=1S/C13H12N4S/c1-8-5-6-10(9(2)14-8)12-15-13(17-16-12)11-4-3-7-18-11/h3-7H,1-2H3,(H,15,16,17). The summed E-state index contributed by atoms with van der Waals surface area (Å²) < 4.78 is 0. The van der Waals surface area contributed by atoms with E-state index in [9.17, 15) is 0 Å². The molecule has 3 aromatic rings. The first-order chi connectivity index (χ1) is 8.74. The minimum atomic E-state index is 0.698. The van der Waals surface area contributed by atoms with Crippen LogP contribution in [0, 0.1) is 13.8 Å². The first kappa shape index (κ1) is 11.1. The van der Waals surface area contributed by atoms with Gasteiger partial charge in [-0.05, 0) is 37.4 Å². The monoisotopic (exact) mass is 256 g/mol. The van der Waals surface area contributed by atoms with Crippen LogP contribution in [-0.2, 0) is 0 Å². The summed E-state index contributed by atoms with van der Waals surface area (Å²) in [6, 6.07) is 8.01. The highest BCUT2D eigenvalue weighted by Crippen LogP contribution is 2.24. The highest BCUT2D eigenvalue weighted by atomic mass is 32.1. The maximum absolute atomic E-state index is 4.52. The molecule has 3 heterocycles. The summed E-state index contributed by atoms with van der Waals surface area (Å²) in [5.74, 6) is 1.50. The van der Waals surface area contributed by atoms with Crippen LogP contribution in [0.1, 0.15) is 11.4 Å². The predicted octanol–water partition coefficient (Wildman–Crippen LogP) is 3.21. The van der Waals surface area contributed by atoms with E-state index in [1.54, 1.807) is 11.3 Å². The van der Waals surface area contributed by atoms with Crippen LogP contribution in [0.5, 0.6) is 0 Å². The van der Waals surface area contributed by atoms with E-state index in [1.807, 2.05) is 43.5 Å². The van der Waals surface area contributed by atoms with Gasteiger partial charge in [0.2, 0.25) is 0 Å². The lowest BCUT2D eigenvalue weighted by Gasteiger charge is -2.00. The minimum absolute atomic E-state index is 0.698. The lowest BCUT2D eigenvalue weighted by Crippen LogP contribution is -1.91. The predicted molar refractivity (Wildman–Crippen MR) is 72.4 cm³/mol. The van der Waals surface area contributed by atoms with Crippen molar-refractivity contribution in [2.75, 3.05) is 0 Å². The number of hydrogen-bond donors (Lipinski definition) is 1. The average Bonchev–Trinajstić information content (AvgIpc) is 2.99. The number of nitrogens with one attached hydrogen (secondary N) is 1. The van der Waals surface area contributed by atoms with Crippen molar-refractivity contribution >= 4 is 11.3 Å². The number of thiophene rings is 1. The molecule has 0 amide bonds. The highest BCUT2D eigenvalue weighted by molar-refractivity contribution is 7.13. The second-order valence-electron chi connectivity index (χ2n) is 4.07. The Bertz CT molecular complexity index is 670. The van der Waals surface area contributed by atoms with E-state index in [0.29, 0.717) is 5.82 Å². The van der Waals surface area contributed by atoms with Gasteiger partial charge in [0.15, 0.2) is 11.6 Å². The topological polar surface area (TPSA) is 54.5 Å². The van der Waals surface area contributed by atoms with E-state index < -0.39 is 0 Å². The Balaban J connectivity index is 2.03. The van der Waals surface area contributed by atoms with Gasteiger partial charge in [-0.1, -0.05) is 6.07 Å². The van der Waals surface area contributed by atoms with Gasteiger partial charge in [-0.15, -0.1) is 11.3 Å². The van der Waals surface area contributed by atoms with Crippen LogP contribution in [0.3, 0.4) is 0 Å². The molecular formula is C13H12N4S. The van der Waals surface area contributed by atoms with Crippen molar-refractivity contribution in [3.8, 4) is 22.1 Å². The molecule has 0 spiro atoms. The molecule has 1 N–H and O–H groups in total. The van der Waals surface area contributed by atoms with Crippen molar-refractivity contribution in [3.63, 3.8) is 0 Å². The number of H-pyrrole nitrogens is 1. The summed E-state index contributed by atoms with van der Waals surface area (Å²) >= 11 is 1.64. The summed E-state index contributed by atoms with van der Waals surface area (Å²) in [5.41, 5.74) is 2.93. The molecule has 4 nitrogen and oxygen atoms in total. The fourth-order valence-electron chi connectivity index (χ4n) is 1.83. The van der Waals surface area contributed by atoms with Crippen molar-refractivity contribution in [2.45, 2.75) is 13.8 Å². The molecule has 0 aromatic carbocycles. The van der Waals surface area contributed by atoms with Crippen LogP contribution in [0.25, 0.3) is 22.1 Å². The van der Waals surface area contributed by atoms with Crippen LogP contribution in [0.4, 0.5) is 0 Å². The Morgan fingerprint density at radius 3 is 2.72 bits per heavy atom. The van der Waals surface area contributed by atoms with E-state index in [0.717, 1.165) is 27.7 Å². The molecule has 0 radical (unpaired) electrons. The molecule has 0 atom stereocenters. The van der Waals surface area contributed by atoms with Crippen molar-refractivity contribution in [2.24, 2.45) is 0 Å². The van der Waals surface area contributed by atoms with Gasteiger partial charge in [-0.25, -0.2) is 4.98 Å². The molecule has 0 fully saturated rings. The number of aromatic nitrogens is 4. The summed E-state index contributed by atoms with van der Waals surface area (Å²) in [6.45, 7) is 3.95. The first-order valence-corrected chi connectivity index (χ1v) is 6.53. The van der Waals surface area contributed by atoms with Crippen molar-refractivity contribution < 1.29 is 0 Å². The first-order valence-electron chi connectivity index (χ1n) is 5.65. The fourth-order valence-corrected chi connectivity index (χ4v) is 2.49. The van der Waals surface area contributed by atoms with Crippen LogP contribution in [0.15, 0.2) is 29.6 Å². The number of hydrogen-bond acceptors (Lipinski definition) is 4. The second-order valence-corrected chi connectivity index (χ2v) is 5.02. The van der Waals surface area contributed by atoms with Gasteiger partial charge in [0.1, 0.15) is 0 Å². The SMILES string of the molecule is Cc1ccc(-c2n[nH]c(-c3cccs3)n2)c(C)n1. The third-order valence-corrected chi connectivity index (χ3v) is 3.58. The molecule has 18 heavy (non-hydrogen) atoms. The number of nitrogens with zero attached hydrogens (tertiary/aromatic N) is 3. The zero-order chi connectivity index (χ0) is 12.5. The molecule has 90 valence electrons. The van der Waals surface area contributed by atoms with Gasteiger partial charge in [0, 0.05) is 17.0 Å². The van der Waals surface area contributed by atoms with Crippen LogP contribution in [-0.4, -0.2) is 20.2 Å². The van der Waals surface area contributed by atoms with Gasteiger partial charge >= 0.3 is 0 Å². The maximum Gasteiger partial charge on any atom is 0.183 e. The highest BCUT2D eigenvalue weighted by Gasteiger charge is 2.11. The molecule has 0 aliphatic heterocycles. The van der Waals surface area contributed by atoms with Crippen molar-refractivity contribution in [1.29, 1.82) is 0 Å². The van der Waals surface area contributed by atoms with Crippen LogP contribution in [0.2, 0.25) is 0 Å². The van der Waals surface area contributed by atoms with Crippen LogP contribution >= 0.6 is 11.3 Å². The zero-order valence-corrected chi connectivity index (χ0v) is 11.0. The average molecular weight is 256 g/mol.